The van der Waals surface area contributed by atoms with Gasteiger partial charge < -0.3 is 9.47 Å². The van der Waals surface area contributed by atoms with Crippen molar-refractivity contribution in [3.05, 3.63) is 34.6 Å². The predicted molar refractivity (Wildman–Crippen MR) is 151 cm³/mol. The van der Waals surface area contributed by atoms with Crippen molar-refractivity contribution >= 4 is 31.6 Å². The van der Waals surface area contributed by atoms with Crippen LogP contribution in [0.1, 0.15) is 87.2 Å². The van der Waals surface area contributed by atoms with E-state index in [2.05, 4.69) is 0 Å². The van der Waals surface area contributed by atoms with E-state index >= 15 is 26.3 Å². The van der Waals surface area contributed by atoms with E-state index in [1.165, 1.54) is 0 Å². The summed E-state index contributed by atoms with van der Waals surface area (Å²) in [6.45, 7) is 0. The number of benzene rings is 1. The van der Waals surface area contributed by atoms with E-state index in [0.29, 0.717) is 38.5 Å². The molecule has 19 heteroatoms. The molecule has 9 rings (SSSR count). The summed E-state index contributed by atoms with van der Waals surface area (Å²) >= 11 is 0. The van der Waals surface area contributed by atoms with Crippen LogP contribution >= 0.6 is 0 Å². The maximum atomic E-state index is 15.9. The molecule has 8 bridgehead atoms. The van der Waals surface area contributed by atoms with E-state index in [9.17, 15) is 39.6 Å². The molecule has 8 fully saturated rings. The summed E-state index contributed by atoms with van der Waals surface area (Å²) < 4.78 is 195. The zero-order valence-electron chi connectivity index (χ0n) is 26.0. The zero-order valence-corrected chi connectivity index (χ0v) is 27.6. The van der Waals surface area contributed by atoms with Crippen LogP contribution in [0.25, 0.3) is 0 Å². The van der Waals surface area contributed by atoms with Crippen LogP contribution in [0.3, 0.4) is 0 Å². The van der Waals surface area contributed by atoms with Gasteiger partial charge in [0.1, 0.15) is 11.2 Å². The van der Waals surface area contributed by atoms with Gasteiger partial charge in [-0.1, -0.05) is 0 Å². The molecule has 8 saturated carbocycles. The van der Waals surface area contributed by atoms with Gasteiger partial charge in [-0.05, 0) is 113 Å². The highest BCUT2D eigenvalue weighted by atomic mass is 32.3. The second kappa shape index (κ2) is 11.2. The maximum Gasteiger partial charge on any atom is 0.441 e. The molecule has 50 heavy (non-hydrogen) atoms. The fraction of sp³-hybridized carbons (Fsp3) is 0.742. The second-order valence-electron chi connectivity index (χ2n) is 15.4. The Balaban J connectivity index is 1.29. The quantitative estimate of drug-likeness (QED) is 0.122. The second-order valence-corrected chi connectivity index (χ2v) is 19.9. The normalized spacial score (nSPS) is 35.3. The van der Waals surface area contributed by atoms with Crippen molar-refractivity contribution in [2.45, 2.75) is 103 Å². The standard InChI is InChI=1S/C31H31F9O8S2/c32-20-19(21(33)23(35)24(36)22(20)34)25(49(43,44)30(37,38)26(41)47-28-7-13-1-14(8-28)3-15(2-13)9-28)50(45,46)31(39,40)27(42)48-29-10-16-4-17(11-29)6-18(5-16)12-29/h13-18,25H,1-12H2. The summed E-state index contributed by atoms with van der Waals surface area (Å²) in [4.78, 5) is 26.0. The van der Waals surface area contributed by atoms with Gasteiger partial charge in [-0.15, -0.1) is 0 Å². The van der Waals surface area contributed by atoms with Crippen molar-refractivity contribution in [2.24, 2.45) is 35.5 Å². The number of esters is 2. The van der Waals surface area contributed by atoms with Crippen molar-refractivity contribution in [3.63, 3.8) is 0 Å². The summed E-state index contributed by atoms with van der Waals surface area (Å²) in [6, 6.07) is 0. The minimum atomic E-state index is -7.67. The lowest BCUT2D eigenvalue weighted by atomic mass is 9.54. The van der Waals surface area contributed by atoms with Crippen LogP contribution < -0.4 is 0 Å². The number of rotatable bonds is 9. The molecule has 0 aromatic heterocycles. The van der Waals surface area contributed by atoms with Crippen LogP contribution in [0.4, 0.5) is 39.5 Å². The van der Waals surface area contributed by atoms with Gasteiger partial charge in [0.05, 0.1) is 5.56 Å². The lowest BCUT2D eigenvalue weighted by Gasteiger charge is -2.55. The number of hydrogen-bond acceptors (Lipinski definition) is 8. The van der Waals surface area contributed by atoms with Crippen LogP contribution in [0.5, 0.6) is 0 Å². The number of carbonyl (C=O) groups excluding carboxylic acids is 2. The Hall–Kier alpha value is -2.57. The van der Waals surface area contributed by atoms with E-state index in [-0.39, 0.29) is 74.0 Å². The van der Waals surface area contributed by atoms with Crippen LogP contribution in [-0.4, -0.2) is 50.5 Å². The molecule has 0 atom stereocenters. The van der Waals surface area contributed by atoms with E-state index in [1.807, 2.05) is 0 Å². The molecular formula is C31H31F9O8S2. The highest BCUT2D eigenvalue weighted by molar-refractivity contribution is 8.10. The Morgan fingerprint density at radius 1 is 0.520 bits per heavy atom. The maximum absolute atomic E-state index is 15.9. The summed E-state index contributed by atoms with van der Waals surface area (Å²) in [6.07, 6.45) is 4.05. The van der Waals surface area contributed by atoms with Crippen LogP contribution in [0.15, 0.2) is 0 Å². The topological polar surface area (TPSA) is 121 Å². The lowest BCUT2D eigenvalue weighted by Crippen LogP contribution is -2.57. The molecule has 0 amide bonds. The number of hydrogen-bond donors (Lipinski definition) is 0. The Kier molecular flexibility index (Phi) is 8.03. The van der Waals surface area contributed by atoms with Crippen molar-refractivity contribution < 1.29 is 75.4 Å². The third-order valence-electron chi connectivity index (χ3n) is 11.8. The molecule has 0 N–H and O–H groups in total. The third kappa shape index (κ3) is 5.19. The molecule has 278 valence electrons. The van der Waals surface area contributed by atoms with Gasteiger partial charge in [-0.3, -0.25) is 0 Å². The number of halogens is 9. The molecule has 8 nitrogen and oxygen atoms in total. The van der Waals surface area contributed by atoms with Crippen molar-refractivity contribution in [1.29, 1.82) is 0 Å². The fourth-order valence-electron chi connectivity index (χ4n) is 10.6. The third-order valence-corrected chi connectivity index (χ3v) is 16.7. The Bertz CT molecular complexity index is 1680. The number of carbonyl (C=O) groups is 2. The molecule has 0 unspecified atom stereocenters. The smallest absolute Gasteiger partial charge is 0.441 e. The van der Waals surface area contributed by atoms with Crippen molar-refractivity contribution in [3.8, 4) is 0 Å². The Morgan fingerprint density at radius 3 is 1.02 bits per heavy atom. The summed E-state index contributed by atoms with van der Waals surface area (Å²) in [5.74, 6) is -22.5. The Morgan fingerprint density at radius 2 is 0.760 bits per heavy atom. The Labute approximate surface area is 280 Å². The highest BCUT2D eigenvalue weighted by Crippen LogP contribution is 2.59. The van der Waals surface area contributed by atoms with Gasteiger partial charge in [0, 0.05) is 0 Å². The predicted octanol–water partition coefficient (Wildman–Crippen LogP) is 6.42. The number of sulfone groups is 2. The monoisotopic (exact) mass is 766 g/mol. The first-order valence-corrected chi connectivity index (χ1v) is 19.3. The van der Waals surface area contributed by atoms with E-state index in [4.69, 9.17) is 9.47 Å². The summed E-state index contributed by atoms with van der Waals surface area (Å²) in [5, 5.41) is -12.5. The first-order chi connectivity index (χ1) is 23.0. The first kappa shape index (κ1) is 35.8. The highest BCUT2D eigenvalue weighted by Gasteiger charge is 2.71. The average molecular weight is 767 g/mol. The van der Waals surface area contributed by atoms with Crippen molar-refractivity contribution in [2.75, 3.05) is 0 Å². The molecule has 1 aromatic carbocycles. The SMILES string of the molecule is O=C(OC12CC3CC(CC(C3)C1)C2)C(F)(F)S(=O)(=O)C(c1c(F)c(F)c(F)c(F)c1F)S(=O)(=O)C(F)(F)C(=O)OC12CC3CC(CC(C3)C1)C2. The molecule has 0 radical (unpaired) electrons. The molecule has 0 saturated heterocycles. The average Bonchev–Trinajstić information content (AvgIpc) is 2.98. The first-order valence-electron chi connectivity index (χ1n) is 16.2. The van der Waals surface area contributed by atoms with Crippen LogP contribution in [0.2, 0.25) is 0 Å². The largest absolute Gasteiger partial charge is 0.454 e. The molecule has 8 aliphatic rings. The molecule has 1 aromatic rings. The zero-order chi connectivity index (χ0) is 36.6. The molecule has 0 heterocycles. The number of alkyl halides is 4. The van der Waals surface area contributed by atoms with Gasteiger partial charge in [0.25, 0.3) is 0 Å². The van der Waals surface area contributed by atoms with Crippen LogP contribution in [0, 0.1) is 64.6 Å². The van der Waals surface area contributed by atoms with Gasteiger partial charge in [0.15, 0.2) is 23.3 Å². The van der Waals surface area contributed by atoms with Gasteiger partial charge in [-0.2, -0.15) is 17.6 Å². The van der Waals surface area contributed by atoms with Gasteiger partial charge >= 0.3 is 22.4 Å². The lowest BCUT2D eigenvalue weighted by molar-refractivity contribution is -0.201. The van der Waals surface area contributed by atoms with E-state index in [1.54, 1.807) is 0 Å². The van der Waals surface area contributed by atoms with Gasteiger partial charge in [-0.25, -0.2) is 48.4 Å². The molecular weight excluding hydrogens is 735 g/mol. The molecule has 0 spiro atoms. The van der Waals surface area contributed by atoms with E-state index < -0.39 is 92.6 Å². The summed E-state index contributed by atoms with van der Waals surface area (Å²) in [5.41, 5.74) is -6.48. The fourth-order valence-corrected chi connectivity index (χ4v) is 14.8. The van der Waals surface area contributed by atoms with Crippen LogP contribution in [-0.2, 0) is 38.7 Å². The minimum absolute atomic E-state index is 0.00939. The van der Waals surface area contributed by atoms with E-state index in [0.717, 1.165) is 0 Å². The summed E-state index contributed by atoms with van der Waals surface area (Å²) in [7, 11) is -15.3. The molecule has 8 aliphatic carbocycles. The van der Waals surface area contributed by atoms with Crippen molar-refractivity contribution in [1.82, 2.24) is 0 Å². The van der Waals surface area contributed by atoms with Gasteiger partial charge in [0.2, 0.25) is 30.1 Å². The minimum Gasteiger partial charge on any atom is -0.454 e. The number of ether oxygens (including phenoxy) is 2. The molecule has 0 aliphatic heterocycles.